The van der Waals surface area contributed by atoms with E-state index in [1.54, 1.807) is 6.07 Å². The number of rotatable bonds is 18. The summed E-state index contributed by atoms with van der Waals surface area (Å²) in [6.45, 7) is 4.34. The zero-order valence-electron chi connectivity index (χ0n) is 73.4. The molecule has 3 nitrogen and oxygen atoms in total. The van der Waals surface area contributed by atoms with Crippen LogP contribution in [0.4, 0.5) is 39.5 Å². The summed E-state index contributed by atoms with van der Waals surface area (Å²) < 4.78 is 139. The van der Waals surface area contributed by atoms with Crippen LogP contribution in [0.1, 0.15) is 91.3 Å². The molecule has 0 bridgehead atoms. The Morgan fingerprint density at radius 1 is 0.308 bits per heavy atom. The molecule has 2 aliphatic rings. The number of terminal acetylenes is 1. The maximum atomic E-state index is 13.2. The van der Waals surface area contributed by atoms with Gasteiger partial charge in [-0.2, -0.15) is 21.6 Å². The molecule has 0 amide bonds. The average Bonchev–Trinajstić information content (AvgIpc) is 0.839. The summed E-state index contributed by atoms with van der Waals surface area (Å²) >= 11 is 0. The van der Waals surface area contributed by atoms with Crippen molar-refractivity contribution in [2.24, 2.45) is 11.8 Å². The molecule has 0 saturated carbocycles. The van der Waals surface area contributed by atoms with E-state index >= 15 is 0 Å². The monoisotopic (exact) mass is 1960 g/mol. The summed E-state index contributed by atoms with van der Waals surface area (Å²) in [7, 11) is -7.38. The Hall–Kier alpha value is -11.9. The van der Waals surface area contributed by atoms with Crippen molar-refractivity contribution in [2.45, 2.75) is 83.6 Å². The Morgan fingerprint density at radius 3 is 0.767 bits per heavy atom. The minimum atomic E-state index is -5.60. The van der Waals surface area contributed by atoms with Gasteiger partial charge in [0.25, 0.3) is 0 Å². The van der Waals surface area contributed by atoms with Gasteiger partial charge in [-0.25, -0.2) is 26.3 Å². The summed E-state index contributed by atoms with van der Waals surface area (Å²) in [6.07, 6.45) is 15.5. The first kappa shape index (κ1) is 102. The van der Waals surface area contributed by atoms with Gasteiger partial charge >= 0.3 is 15.6 Å². The van der Waals surface area contributed by atoms with Crippen molar-refractivity contribution in [3.05, 3.63) is 498 Å². The van der Waals surface area contributed by atoms with Crippen LogP contribution in [0.25, 0.3) is 0 Å². The smallest absolute Gasteiger partial charge is 0.376 e. The number of fused-ring (bicyclic) bond motifs is 2. The SMILES string of the molecule is C#Cc1cc(F)c(F)c(F)c1.CCCC1CCc2cc(C#Cc3cc(F)c(F)c(F)c3)ccc2C1.CCCC1CCc2cc(OS(=O)(=O)C(F)(F)F)ccc2C1.[Pd].c1ccc(P(c2ccccc2)c2ccccc2)cc1.c1ccc(P(c2ccccc2)c2ccccc2)cc1.c1ccc(P(c2ccccc2)c2ccccc2)cc1.c1ccc(P(c2ccccc2)c2ccccc2)cc1. The Kier molecular flexibility index (Phi) is 40.2. The van der Waals surface area contributed by atoms with E-state index in [1.807, 2.05) is 12.0 Å². The Balaban J connectivity index is 0.000000150. The number of hydrogen-bond donors (Lipinski definition) is 0. The molecule has 0 spiro atoms. The molecule has 0 N–H and O–H groups in total. The molecule has 0 aliphatic heterocycles. The standard InChI is InChI=1S/C21H19F3.4C18H15P.C14H17F3O3S.C8H3F3.Pd/c1-2-3-14-6-8-18-11-15(7-9-17(18)10-14)4-5-16-12-19(22)21(24)20(23)13-16;4*1-4-10-16(11-5-1)19(17-12-6-2-7-13-17)18-14-8-3-9-15-18;1-2-3-10-4-5-12-9-13(7-6-11(12)8-10)20-21(18,19)14(15,16)17;1-2-5-3-6(9)8(11)7(10)4-5;/h7,9,11-14H,2-3,6,8,10H2,1H3;4*1-15H;6-7,9-10H,2-5,8H2,1H3;1,3-4H;. The van der Waals surface area contributed by atoms with E-state index in [0.717, 1.165) is 91.8 Å². The molecule has 18 rings (SSSR count). The van der Waals surface area contributed by atoms with Crippen LogP contribution in [0.2, 0.25) is 0 Å². The molecule has 16 aromatic rings. The predicted octanol–water partition coefficient (Wildman–Crippen LogP) is 25.1. The minimum Gasteiger partial charge on any atom is -0.376 e. The second-order valence-corrected chi connectivity index (χ2v) is 41.4. The van der Waals surface area contributed by atoms with Crippen molar-refractivity contribution in [2.75, 3.05) is 0 Å². The second-order valence-electron chi connectivity index (χ2n) is 31.0. The molecule has 2 atom stereocenters. The van der Waals surface area contributed by atoms with Crippen LogP contribution >= 0.6 is 31.7 Å². The van der Waals surface area contributed by atoms with Gasteiger partial charge in [0.2, 0.25) is 0 Å². The Bertz CT molecular complexity index is 5550. The Labute approximate surface area is 795 Å². The fraction of sp³-hybridized carbons (Fsp3) is 0.130. The zero-order chi connectivity index (χ0) is 92.9. The van der Waals surface area contributed by atoms with Gasteiger partial charge in [-0.15, -0.1) is 6.42 Å². The first-order chi connectivity index (χ1) is 64.2. The summed E-state index contributed by atoms with van der Waals surface area (Å²) in [5.41, 5.74) is 0.152. The maximum absolute atomic E-state index is 13.2. The van der Waals surface area contributed by atoms with Gasteiger partial charge in [-0.3, -0.25) is 0 Å². The summed E-state index contributed by atoms with van der Waals surface area (Å²) in [5, 5.41) is 16.8. The minimum absolute atomic E-state index is 0. The van der Waals surface area contributed by atoms with E-state index in [4.69, 9.17) is 6.42 Å². The van der Waals surface area contributed by atoms with E-state index in [-0.39, 0.29) is 37.3 Å². The first-order valence-electron chi connectivity index (χ1n) is 43.6. The molecule has 2 aliphatic carbocycles. The van der Waals surface area contributed by atoms with Crippen LogP contribution < -0.4 is 67.8 Å². The quantitative estimate of drug-likeness (QED) is 0.0164. The molecule has 0 aromatic heterocycles. The van der Waals surface area contributed by atoms with Gasteiger partial charge < -0.3 is 4.18 Å². The molecule has 0 fully saturated rings. The van der Waals surface area contributed by atoms with E-state index in [2.05, 4.69) is 406 Å². The topological polar surface area (TPSA) is 43.4 Å². The molecule has 16 aromatic carbocycles. The fourth-order valence-corrected chi connectivity index (χ4v) is 25.0. The van der Waals surface area contributed by atoms with E-state index < -0.39 is 82.2 Å². The molecule has 133 heavy (non-hydrogen) atoms. The molecule has 0 radical (unpaired) electrons. The van der Waals surface area contributed by atoms with Crippen LogP contribution in [-0.2, 0) is 56.2 Å². The van der Waals surface area contributed by atoms with E-state index in [9.17, 15) is 47.9 Å². The van der Waals surface area contributed by atoms with Crippen LogP contribution in [-0.4, -0.2) is 13.9 Å². The van der Waals surface area contributed by atoms with Gasteiger partial charge in [0, 0.05) is 37.1 Å². The summed E-state index contributed by atoms with van der Waals surface area (Å²) in [5.74, 6) is 0.773. The van der Waals surface area contributed by atoms with Gasteiger partial charge in [-0.1, -0.05) is 433 Å². The molecule has 0 saturated heterocycles. The third-order valence-electron chi connectivity index (χ3n) is 21.6. The van der Waals surface area contributed by atoms with Gasteiger partial charge in [0.05, 0.1) is 0 Å². The zero-order valence-corrected chi connectivity index (χ0v) is 79.3. The largest absolute Gasteiger partial charge is 0.534 e. The molecular formula is C115H99F9O3P4PdS. The number of hydrogen-bond acceptors (Lipinski definition) is 3. The third-order valence-corrected chi connectivity index (χ3v) is 32.3. The number of halogens is 9. The van der Waals surface area contributed by atoms with Gasteiger partial charge in [0.15, 0.2) is 34.9 Å². The molecule has 2 unspecified atom stereocenters. The Morgan fingerprint density at radius 2 is 0.534 bits per heavy atom. The summed E-state index contributed by atoms with van der Waals surface area (Å²) in [4.78, 5) is 0. The van der Waals surface area contributed by atoms with Crippen molar-refractivity contribution in [1.82, 2.24) is 0 Å². The first-order valence-corrected chi connectivity index (χ1v) is 50.3. The third kappa shape index (κ3) is 30.3. The van der Waals surface area contributed by atoms with Gasteiger partial charge in [0.1, 0.15) is 5.75 Å². The van der Waals surface area contributed by atoms with Crippen molar-refractivity contribution in [1.29, 1.82) is 0 Å². The molecule has 676 valence electrons. The fourth-order valence-electron chi connectivity index (χ4n) is 15.4. The maximum Gasteiger partial charge on any atom is 0.534 e. The van der Waals surface area contributed by atoms with Crippen LogP contribution in [0, 0.1) is 70.9 Å². The summed E-state index contributed by atoms with van der Waals surface area (Å²) in [6, 6.07) is 143. The molecule has 0 heterocycles. The van der Waals surface area contributed by atoms with Gasteiger partial charge in [-0.05, 0) is 216 Å². The number of aryl methyl sites for hydroxylation is 2. The van der Waals surface area contributed by atoms with Crippen molar-refractivity contribution in [3.63, 3.8) is 0 Å². The van der Waals surface area contributed by atoms with E-state index in [0.29, 0.717) is 5.92 Å². The second kappa shape index (κ2) is 52.6. The van der Waals surface area contributed by atoms with Crippen molar-refractivity contribution in [3.8, 4) is 29.9 Å². The molecular weight excluding hydrogens is 1860 g/mol. The van der Waals surface area contributed by atoms with Crippen LogP contribution in [0.3, 0.4) is 0 Å². The predicted molar refractivity (Wildman–Crippen MR) is 536 cm³/mol. The normalized spacial score (nSPS) is 12.8. The number of benzene rings is 16. The number of alkyl halides is 3. The average molecular weight is 1960 g/mol. The van der Waals surface area contributed by atoms with Crippen LogP contribution in [0.5, 0.6) is 5.75 Å². The van der Waals surface area contributed by atoms with Crippen molar-refractivity contribution >= 4 is 105 Å². The van der Waals surface area contributed by atoms with Crippen LogP contribution in [0.15, 0.2) is 425 Å². The molecule has 18 heteroatoms. The van der Waals surface area contributed by atoms with Crippen molar-refractivity contribution < 1.29 is 72.5 Å². The van der Waals surface area contributed by atoms with E-state index in [1.165, 1.54) is 106 Å².